The Morgan fingerprint density at radius 1 is 1.32 bits per heavy atom. The fourth-order valence-electron chi connectivity index (χ4n) is 1.49. The van der Waals surface area contributed by atoms with Gasteiger partial charge in [-0.05, 0) is 12.1 Å². The van der Waals surface area contributed by atoms with Crippen molar-refractivity contribution in [3.05, 3.63) is 18.2 Å². The van der Waals surface area contributed by atoms with E-state index in [1.54, 1.807) is 0 Å². The Morgan fingerprint density at radius 2 is 2.00 bits per heavy atom. The molecule has 19 heavy (non-hydrogen) atoms. The Labute approximate surface area is 106 Å². The van der Waals surface area contributed by atoms with Gasteiger partial charge in [-0.15, -0.1) is 0 Å². The molecule has 1 aromatic carbocycles. The van der Waals surface area contributed by atoms with Crippen LogP contribution in [-0.4, -0.2) is 38.4 Å². The largest absolute Gasteiger partial charge is 0.501 e. The van der Waals surface area contributed by atoms with Gasteiger partial charge < -0.3 is 14.6 Å². The molecule has 1 N–H and O–H groups in total. The number of benzene rings is 1. The molecule has 1 aromatic rings. The molecular formula is C10H9F3O5S. The van der Waals surface area contributed by atoms with Crippen LogP contribution in [0.4, 0.5) is 13.2 Å². The maximum atomic E-state index is 12.4. The van der Waals surface area contributed by atoms with Crippen LogP contribution in [0.25, 0.3) is 0 Å². The van der Waals surface area contributed by atoms with Crippen molar-refractivity contribution < 1.29 is 36.2 Å². The molecule has 0 aliphatic carbocycles. The summed E-state index contributed by atoms with van der Waals surface area (Å²) < 4.78 is 69.9. The highest BCUT2D eigenvalue weighted by molar-refractivity contribution is 7.92. The van der Waals surface area contributed by atoms with E-state index >= 15 is 0 Å². The Hall–Kier alpha value is -1.48. The summed E-state index contributed by atoms with van der Waals surface area (Å²) in [5.41, 5.74) is -5.38. The van der Waals surface area contributed by atoms with Gasteiger partial charge in [0.1, 0.15) is 6.61 Å². The molecule has 0 bridgehead atoms. The smallest absolute Gasteiger partial charge is 0.486 e. The minimum Gasteiger partial charge on any atom is -0.486 e. The number of halogens is 3. The molecule has 0 spiro atoms. The second-order valence-corrected chi connectivity index (χ2v) is 5.73. The molecule has 9 heteroatoms. The molecule has 5 nitrogen and oxygen atoms in total. The van der Waals surface area contributed by atoms with Crippen LogP contribution in [0.2, 0.25) is 0 Å². The SMILES string of the molecule is O=S(=O)(c1ccc2c(c1)OC(CO)CO2)C(F)(F)F. The van der Waals surface area contributed by atoms with Crippen LogP contribution >= 0.6 is 0 Å². The number of alkyl halides is 3. The van der Waals surface area contributed by atoms with E-state index < -0.39 is 33.0 Å². The van der Waals surface area contributed by atoms with E-state index in [0.717, 1.165) is 18.2 Å². The fraction of sp³-hybridized carbons (Fsp3) is 0.400. The normalized spacial score (nSPS) is 19.3. The predicted octanol–water partition coefficient (Wildman–Crippen LogP) is 1.11. The highest BCUT2D eigenvalue weighted by Crippen LogP contribution is 2.37. The third kappa shape index (κ3) is 2.47. The summed E-state index contributed by atoms with van der Waals surface area (Å²) in [6, 6.07) is 2.62. The topological polar surface area (TPSA) is 72.8 Å². The molecule has 1 atom stereocenters. The third-order valence-electron chi connectivity index (χ3n) is 2.45. The number of hydrogen-bond acceptors (Lipinski definition) is 5. The lowest BCUT2D eigenvalue weighted by atomic mass is 10.2. The zero-order valence-electron chi connectivity index (χ0n) is 9.35. The standard InChI is InChI=1S/C10H9F3O5S/c11-10(12,13)19(15,16)7-1-2-8-9(3-7)18-6(4-14)5-17-8/h1-3,6,14H,4-5H2. The summed E-state index contributed by atoms with van der Waals surface area (Å²) in [6.07, 6.45) is -0.739. The maximum Gasteiger partial charge on any atom is 0.501 e. The molecule has 0 radical (unpaired) electrons. The molecule has 2 rings (SSSR count). The maximum absolute atomic E-state index is 12.4. The number of aliphatic hydroxyl groups excluding tert-OH is 1. The van der Waals surface area contributed by atoms with E-state index in [9.17, 15) is 21.6 Å². The van der Waals surface area contributed by atoms with Gasteiger partial charge in [-0.25, -0.2) is 8.42 Å². The molecule has 1 unspecified atom stereocenters. The lowest BCUT2D eigenvalue weighted by molar-refractivity contribution is -0.0436. The summed E-state index contributed by atoms with van der Waals surface area (Å²) in [5, 5.41) is 8.87. The molecule has 1 aliphatic heterocycles. The molecule has 0 amide bonds. The number of hydrogen-bond donors (Lipinski definition) is 1. The highest BCUT2D eigenvalue weighted by atomic mass is 32.2. The molecule has 0 fully saturated rings. The highest BCUT2D eigenvalue weighted by Gasteiger charge is 2.47. The van der Waals surface area contributed by atoms with E-state index in [1.165, 1.54) is 0 Å². The Kier molecular flexibility index (Phi) is 3.35. The second-order valence-electron chi connectivity index (χ2n) is 3.79. The van der Waals surface area contributed by atoms with Crippen LogP contribution in [0.3, 0.4) is 0 Å². The summed E-state index contributed by atoms with van der Waals surface area (Å²) in [6.45, 7) is -0.357. The van der Waals surface area contributed by atoms with Crippen molar-refractivity contribution >= 4 is 9.84 Å². The van der Waals surface area contributed by atoms with Gasteiger partial charge in [0.05, 0.1) is 11.5 Å². The van der Waals surface area contributed by atoms with Crippen molar-refractivity contribution in [1.82, 2.24) is 0 Å². The van der Waals surface area contributed by atoms with Crippen LogP contribution in [0, 0.1) is 0 Å². The third-order valence-corrected chi connectivity index (χ3v) is 3.94. The number of ether oxygens (including phenoxy) is 2. The minimum absolute atomic E-state index is 0.0366. The van der Waals surface area contributed by atoms with Gasteiger partial charge >= 0.3 is 5.51 Å². The van der Waals surface area contributed by atoms with Gasteiger partial charge in [0.25, 0.3) is 9.84 Å². The molecular weight excluding hydrogens is 289 g/mol. The van der Waals surface area contributed by atoms with Crippen LogP contribution in [0.5, 0.6) is 11.5 Å². The minimum atomic E-state index is -5.43. The van der Waals surface area contributed by atoms with Crippen LogP contribution in [0.15, 0.2) is 23.1 Å². The zero-order chi connectivity index (χ0) is 14.3. The fourth-order valence-corrected chi connectivity index (χ4v) is 2.26. The Morgan fingerprint density at radius 3 is 2.58 bits per heavy atom. The Bertz CT molecular complexity index is 581. The van der Waals surface area contributed by atoms with Crippen LogP contribution in [-0.2, 0) is 9.84 Å². The second kappa shape index (κ2) is 4.57. The molecule has 1 aliphatic rings. The molecule has 0 saturated heterocycles. The number of fused-ring (bicyclic) bond motifs is 1. The molecule has 0 aromatic heterocycles. The van der Waals surface area contributed by atoms with E-state index in [4.69, 9.17) is 14.6 Å². The van der Waals surface area contributed by atoms with E-state index in [2.05, 4.69) is 0 Å². The van der Waals surface area contributed by atoms with Crippen molar-refractivity contribution in [3.63, 3.8) is 0 Å². The monoisotopic (exact) mass is 298 g/mol. The van der Waals surface area contributed by atoms with Crippen LogP contribution in [0.1, 0.15) is 0 Å². The average Bonchev–Trinajstić information content (AvgIpc) is 2.36. The first-order valence-corrected chi connectivity index (χ1v) is 6.60. The zero-order valence-corrected chi connectivity index (χ0v) is 10.2. The van der Waals surface area contributed by atoms with Gasteiger partial charge in [0.2, 0.25) is 0 Å². The van der Waals surface area contributed by atoms with Crippen LogP contribution < -0.4 is 9.47 Å². The first kappa shape index (κ1) is 13.9. The van der Waals surface area contributed by atoms with Crippen molar-refractivity contribution in [2.75, 3.05) is 13.2 Å². The van der Waals surface area contributed by atoms with Crippen molar-refractivity contribution in [2.24, 2.45) is 0 Å². The van der Waals surface area contributed by atoms with Gasteiger partial charge in [-0.3, -0.25) is 0 Å². The first-order chi connectivity index (χ1) is 8.75. The van der Waals surface area contributed by atoms with Crippen molar-refractivity contribution in [1.29, 1.82) is 0 Å². The van der Waals surface area contributed by atoms with Crippen molar-refractivity contribution in [2.45, 2.75) is 16.5 Å². The quantitative estimate of drug-likeness (QED) is 0.885. The summed E-state index contributed by atoms with van der Waals surface area (Å²) in [4.78, 5) is -0.930. The predicted molar refractivity (Wildman–Crippen MR) is 56.7 cm³/mol. The lowest BCUT2D eigenvalue weighted by Crippen LogP contribution is -2.32. The average molecular weight is 298 g/mol. The number of sulfone groups is 1. The summed E-state index contributed by atoms with van der Waals surface area (Å²) in [7, 11) is -5.43. The van der Waals surface area contributed by atoms with E-state index in [1.807, 2.05) is 0 Å². The van der Waals surface area contributed by atoms with Gasteiger partial charge in [0, 0.05) is 6.07 Å². The number of aliphatic hydroxyl groups is 1. The molecule has 0 saturated carbocycles. The van der Waals surface area contributed by atoms with Gasteiger partial charge in [0.15, 0.2) is 17.6 Å². The first-order valence-electron chi connectivity index (χ1n) is 5.11. The molecule has 1 heterocycles. The summed E-state index contributed by atoms with van der Waals surface area (Å²) >= 11 is 0. The van der Waals surface area contributed by atoms with E-state index in [-0.39, 0.29) is 18.1 Å². The lowest BCUT2D eigenvalue weighted by Gasteiger charge is -2.25. The molecule has 106 valence electrons. The summed E-state index contributed by atoms with van der Waals surface area (Å²) in [5.74, 6) is -0.0125. The van der Waals surface area contributed by atoms with Crippen molar-refractivity contribution in [3.8, 4) is 11.5 Å². The van der Waals surface area contributed by atoms with Gasteiger partial charge in [-0.1, -0.05) is 0 Å². The number of rotatable bonds is 2. The Balaban J connectivity index is 2.42. The van der Waals surface area contributed by atoms with Gasteiger partial charge in [-0.2, -0.15) is 13.2 Å². The van der Waals surface area contributed by atoms with E-state index in [0.29, 0.717) is 0 Å².